The number of rotatable bonds is 5. The first kappa shape index (κ1) is 17.7. The molecule has 132 valence electrons. The molecule has 0 saturated carbocycles. The maximum Gasteiger partial charge on any atom is 0.123 e. The summed E-state index contributed by atoms with van der Waals surface area (Å²) >= 11 is 0. The van der Waals surface area contributed by atoms with Gasteiger partial charge in [0.1, 0.15) is 5.82 Å². The van der Waals surface area contributed by atoms with Gasteiger partial charge in [-0.3, -0.25) is 0 Å². The number of H-pyrrole nitrogens is 1. The molecule has 0 amide bonds. The average Bonchev–Trinajstić information content (AvgIpc) is 3.04. The highest BCUT2D eigenvalue weighted by atomic mass is 19.1. The monoisotopic (exact) mass is 347 g/mol. The number of aromatic amines is 1. The van der Waals surface area contributed by atoms with E-state index in [2.05, 4.69) is 43.3 Å². The summed E-state index contributed by atoms with van der Waals surface area (Å²) in [4.78, 5) is 3.27. The summed E-state index contributed by atoms with van der Waals surface area (Å²) in [5.41, 5.74) is 5.48. The summed E-state index contributed by atoms with van der Waals surface area (Å²) in [6.45, 7) is 12.0. The van der Waals surface area contributed by atoms with E-state index in [9.17, 15) is 9.50 Å². The summed E-state index contributed by atoms with van der Waals surface area (Å²) in [5.74, 6) is -0.243. The molecule has 2 N–H and O–H groups in total. The summed E-state index contributed by atoms with van der Waals surface area (Å²) in [5, 5.41) is 11.3. The molecule has 0 bridgehead atoms. The Morgan fingerprint density at radius 2 is 1.88 bits per heavy atom. The summed E-state index contributed by atoms with van der Waals surface area (Å²) in [6.07, 6.45) is 2.84. The second-order valence-electron chi connectivity index (χ2n) is 6.36. The predicted molar refractivity (Wildman–Crippen MR) is 107 cm³/mol. The van der Waals surface area contributed by atoms with Crippen LogP contribution in [0.4, 0.5) is 4.39 Å². The van der Waals surface area contributed by atoms with E-state index in [4.69, 9.17) is 0 Å². The van der Waals surface area contributed by atoms with Crippen molar-refractivity contribution < 1.29 is 9.50 Å². The van der Waals surface area contributed by atoms with Crippen LogP contribution in [0.1, 0.15) is 30.5 Å². The fourth-order valence-electron chi connectivity index (χ4n) is 3.22. The van der Waals surface area contributed by atoms with E-state index in [0.717, 1.165) is 22.9 Å². The number of hydrogen-bond donors (Lipinski definition) is 2. The molecule has 0 atom stereocenters. The topological polar surface area (TPSA) is 36.0 Å². The Kier molecular flexibility index (Phi) is 4.81. The Balaban J connectivity index is 2.06. The van der Waals surface area contributed by atoms with Crippen LogP contribution in [-0.4, -0.2) is 10.1 Å². The molecule has 0 aliphatic heterocycles. The number of aryl methyl sites for hydroxylation is 1. The van der Waals surface area contributed by atoms with Crippen molar-refractivity contribution in [2.24, 2.45) is 0 Å². The molecule has 0 fully saturated rings. The van der Waals surface area contributed by atoms with Crippen LogP contribution >= 0.6 is 0 Å². The number of aromatic nitrogens is 1. The van der Waals surface area contributed by atoms with Crippen LogP contribution in [0, 0.1) is 5.82 Å². The van der Waals surface area contributed by atoms with Gasteiger partial charge < -0.3 is 10.1 Å². The van der Waals surface area contributed by atoms with E-state index in [1.54, 1.807) is 19.1 Å². The quantitative estimate of drug-likeness (QED) is 0.405. The van der Waals surface area contributed by atoms with E-state index in [-0.39, 0.29) is 11.6 Å². The number of nitrogens with one attached hydrogen (secondary N) is 1. The maximum atomic E-state index is 13.6. The molecule has 0 aliphatic rings. The lowest BCUT2D eigenvalue weighted by atomic mass is 9.89. The first-order valence-electron chi connectivity index (χ1n) is 8.57. The van der Waals surface area contributed by atoms with Gasteiger partial charge >= 0.3 is 0 Å². The van der Waals surface area contributed by atoms with Crippen LogP contribution in [0.5, 0.6) is 0 Å². The summed E-state index contributed by atoms with van der Waals surface area (Å²) in [6, 6.07) is 12.4. The molecule has 3 rings (SSSR count). The van der Waals surface area contributed by atoms with Crippen LogP contribution in [0.25, 0.3) is 22.0 Å². The van der Waals surface area contributed by atoms with Gasteiger partial charge in [-0.05, 0) is 53.8 Å². The lowest BCUT2D eigenvalue weighted by Gasteiger charge is -2.15. The van der Waals surface area contributed by atoms with Gasteiger partial charge in [0.25, 0.3) is 0 Å². The molecule has 0 radical (unpaired) electrons. The zero-order valence-corrected chi connectivity index (χ0v) is 15.1. The molecule has 0 spiro atoms. The Morgan fingerprint density at radius 3 is 2.54 bits per heavy atom. The zero-order valence-electron chi connectivity index (χ0n) is 15.1. The smallest absolute Gasteiger partial charge is 0.123 e. The van der Waals surface area contributed by atoms with E-state index >= 15 is 0 Å². The van der Waals surface area contributed by atoms with Crippen LogP contribution in [0.3, 0.4) is 0 Å². The van der Waals surface area contributed by atoms with Crippen LogP contribution < -0.4 is 0 Å². The molecule has 0 unspecified atom stereocenters. The zero-order chi connectivity index (χ0) is 18.8. The van der Waals surface area contributed by atoms with Gasteiger partial charge in [0.15, 0.2) is 0 Å². The Labute approximate surface area is 153 Å². The second-order valence-corrected chi connectivity index (χ2v) is 6.36. The molecule has 2 nitrogen and oxygen atoms in total. The minimum atomic E-state index is -0.344. The highest BCUT2D eigenvalue weighted by Crippen LogP contribution is 2.37. The first-order chi connectivity index (χ1) is 12.4. The van der Waals surface area contributed by atoms with Crippen molar-refractivity contribution in [1.29, 1.82) is 0 Å². The molecule has 26 heavy (non-hydrogen) atoms. The fraction of sp³-hybridized carbons (Fsp3) is 0.130. The van der Waals surface area contributed by atoms with E-state index in [1.807, 2.05) is 6.20 Å². The highest BCUT2D eigenvalue weighted by molar-refractivity contribution is 6.03. The lowest BCUT2D eigenvalue weighted by molar-refractivity contribution is 0.412. The summed E-state index contributed by atoms with van der Waals surface area (Å²) in [7, 11) is 0. The van der Waals surface area contributed by atoms with Gasteiger partial charge in [-0.15, -0.1) is 0 Å². The number of aliphatic hydroxyl groups is 1. The van der Waals surface area contributed by atoms with E-state index < -0.39 is 0 Å². The molecular formula is C23H22FNO. The van der Waals surface area contributed by atoms with Crippen molar-refractivity contribution >= 4 is 22.0 Å². The number of hydrogen-bond acceptors (Lipinski definition) is 1. The average molecular weight is 347 g/mol. The number of aliphatic hydroxyl groups excluding tert-OH is 1. The van der Waals surface area contributed by atoms with Crippen LogP contribution in [0.15, 0.2) is 73.2 Å². The van der Waals surface area contributed by atoms with Crippen molar-refractivity contribution in [1.82, 2.24) is 4.98 Å². The highest BCUT2D eigenvalue weighted by Gasteiger charge is 2.17. The molecular weight excluding hydrogens is 325 g/mol. The Hall–Kier alpha value is -3.07. The van der Waals surface area contributed by atoms with Gasteiger partial charge in [0.05, 0.1) is 5.76 Å². The van der Waals surface area contributed by atoms with Crippen LogP contribution in [-0.2, 0) is 6.42 Å². The van der Waals surface area contributed by atoms with Gasteiger partial charge in [-0.2, -0.15) is 0 Å². The van der Waals surface area contributed by atoms with Gasteiger partial charge in [0.2, 0.25) is 0 Å². The second kappa shape index (κ2) is 7.04. The van der Waals surface area contributed by atoms with Crippen molar-refractivity contribution in [3.8, 4) is 0 Å². The van der Waals surface area contributed by atoms with E-state index in [1.165, 1.54) is 17.7 Å². The third-order valence-corrected chi connectivity index (χ3v) is 4.62. The number of halogens is 1. The molecule has 3 aromatic rings. The predicted octanol–water partition coefficient (Wildman–Crippen LogP) is 6.43. The largest absolute Gasteiger partial charge is 0.512 e. The maximum absolute atomic E-state index is 13.6. The number of benzene rings is 2. The third-order valence-electron chi connectivity index (χ3n) is 4.62. The van der Waals surface area contributed by atoms with Gasteiger partial charge in [-0.25, -0.2) is 4.39 Å². The van der Waals surface area contributed by atoms with Gasteiger partial charge in [0, 0.05) is 28.2 Å². The molecule has 2 aromatic carbocycles. The van der Waals surface area contributed by atoms with Gasteiger partial charge in [-0.1, -0.05) is 44.3 Å². The standard InChI is InChI=1S/C23H22FNO/c1-5-17-9-10-20-21(13-25-22(20)11-17)15(3)23(16(4)26)14(2)18-7-6-8-19(24)12-18/h6-13,25-26H,2-3,5H2,1,4H3/b23-16+. The van der Waals surface area contributed by atoms with Crippen molar-refractivity contribution in [3.05, 3.63) is 95.7 Å². The molecule has 3 heteroatoms. The normalized spacial score (nSPS) is 12.1. The summed E-state index contributed by atoms with van der Waals surface area (Å²) < 4.78 is 13.6. The SMILES string of the molecule is C=C(/C(C(=C)c1c[nH]c2cc(CC)ccc12)=C(/C)O)c1cccc(F)c1. The van der Waals surface area contributed by atoms with Crippen molar-refractivity contribution in [2.45, 2.75) is 20.3 Å². The Bertz CT molecular complexity index is 1040. The fourth-order valence-corrected chi connectivity index (χ4v) is 3.22. The Morgan fingerprint density at radius 1 is 1.12 bits per heavy atom. The van der Waals surface area contributed by atoms with E-state index in [0.29, 0.717) is 22.3 Å². The first-order valence-corrected chi connectivity index (χ1v) is 8.57. The molecule has 1 heterocycles. The minimum Gasteiger partial charge on any atom is -0.512 e. The molecule has 1 aromatic heterocycles. The molecule has 0 aliphatic carbocycles. The minimum absolute atomic E-state index is 0.101. The molecule has 0 saturated heterocycles. The lowest BCUT2D eigenvalue weighted by Crippen LogP contribution is -1.97. The van der Waals surface area contributed by atoms with Crippen molar-refractivity contribution in [2.75, 3.05) is 0 Å². The van der Waals surface area contributed by atoms with Crippen LogP contribution in [0.2, 0.25) is 0 Å². The number of fused-ring (bicyclic) bond motifs is 1. The van der Waals surface area contributed by atoms with Crippen molar-refractivity contribution in [3.63, 3.8) is 0 Å². The third kappa shape index (κ3) is 3.21. The number of allylic oxidation sites excluding steroid dienone is 4.